The van der Waals surface area contributed by atoms with Crippen LogP contribution < -0.4 is 9.64 Å². The van der Waals surface area contributed by atoms with Crippen LogP contribution in [0.2, 0.25) is 0 Å². The van der Waals surface area contributed by atoms with Crippen molar-refractivity contribution in [3.8, 4) is 5.75 Å². The lowest BCUT2D eigenvalue weighted by Crippen LogP contribution is -2.21. The number of aryl methyl sites for hydroxylation is 1. The fourth-order valence-corrected chi connectivity index (χ4v) is 3.31. The van der Waals surface area contributed by atoms with Gasteiger partial charge in [-0.3, -0.25) is 0 Å². The molecule has 0 N–H and O–H groups in total. The maximum atomic E-state index is 5.60. The molecule has 0 unspecified atom stereocenters. The summed E-state index contributed by atoms with van der Waals surface area (Å²) >= 11 is 0. The van der Waals surface area contributed by atoms with E-state index in [1.165, 1.54) is 16.8 Å². The van der Waals surface area contributed by atoms with Crippen LogP contribution in [0.1, 0.15) is 37.6 Å². The molecule has 0 aliphatic carbocycles. The highest BCUT2D eigenvalue weighted by Crippen LogP contribution is 2.24. The first-order valence-electron chi connectivity index (χ1n) is 9.71. The normalized spacial score (nSPS) is 11.3. The average Bonchev–Trinajstić information content (AvgIpc) is 2.69. The van der Waals surface area contributed by atoms with Gasteiger partial charge in [0.15, 0.2) is 0 Å². The fourth-order valence-electron chi connectivity index (χ4n) is 3.31. The molecule has 140 valence electrons. The molecule has 0 bridgehead atoms. The summed E-state index contributed by atoms with van der Waals surface area (Å²) in [4.78, 5) is 7.12. The molecule has 0 aliphatic heterocycles. The van der Waals surface area contributed by atoms with Crippen LogP contribution in [0.25, 0.3) is 23.1 Å². The molecule has 0 aliphatic rings. The number of pyridine rings is 1. The first-order valence-corrected chi connectivity index (χ1v) is 9.71. The van der Waals surface area contributed by atoms with Gasteiger partial charge in [0.25, 0.3) is 0 Å². The summed E-state index contributed by atoms with van der Waals surface area (Å²) in [5.74, 6) is 0.895. The highest BCUT2D eigenvalue weighted by atomic mass is 16.5. The van der Waals surface area contributed by atoms with Crippen molar-refractivity contribution in [3.63, 3.8) is 0 Å². The molecule has 0 radical (unpaired) electrons. The predicted octanol–water partition coefficient (Wildman–Crippen LogP) is 5.96. The van der Waals surface area contributed by atoms with Crippen molar-refractivity contribution in [1.82, 2.24) is 4.98 Å². The third-order valence-electron chi connectivity index (χ3n) is 4.79. The predicted molar refractivity (Wildman–Crippen MR) is 117 cm³/mol. The molecule has 3 heteroatoms. The second kappa shape index (κ2) is 8.72. The van der Waals surface area contributed by atoms with Gasteiger partial charge in [0.2, 0.25) is 0 Å². The van der Waals surface area contributed by atoms with Gasteiger partial charge in [-0.15, -0.1) is 0 Å². The lowest BCUT2D eigenvalue weighted by atomic mass is 10.1. The Bertz CT molecular complexity index is 925. The van der Waals surface area contributed by atoms with Crippen molar-refractivity contribution in [1.29, 1.82) is 0 Å². The van der Waals surface area contributed by atoms with E-state index in [4.69, 9.17) is 9.72 Å². The van der Waals surface area contributed by atoms with Crippen molar-refractivity contribution in [2.45, 2.75) is 27.7 Å². The monoisotopic (exact) mass is 360 g/mol. The van der Waals surface area contributed by atoms with Gasteiger partial charge >= 0.3 is 0 Å². The number of hydrogen-bond acceptors (Lipinski definition) is 3. The second-order valence-corrected chi connectivity index (χ2v) is 6.57. The van der Waals surface area contributed by atoms with Crippen molar-refractivity contribution in [2.24, 2.45) is 0 Å². The number of aromatic nitrogens is 1. The van der Waals surface area contributed by atoms with Crippen LogP contribution in [-0.4, -0.2) is 24.7 Å². The van der Waals surface area contributed by atoms with Crippen molar-refractivity contribution in [3.05, 3.63) is 65.4 Å². The quantitative estimate of drug-likeness (QED) is 0.520. The molecule has 3 aromatic rings. The molecule has 1 aromatic heterocycles. The number of anilines is 1. The minimum absolute atomic E-state index is 0.672. The van der Waals surface area contributed by atoms with Crippen LogP contribution in [0.3, 0.4) is 0 Å². The van der Waals surface area contributed by atoms with E-state index < -0.39 is 0 Å². The number of hydrogen-bond donors (Lipinski definition) is 0. The Morgan fingerprint density at radius 2 is 1.67 bits per heavy atom. The van der Waals surface area contributed by atoms with Crippen LogP contribution in [0.4, 0.5) is 5.69 Å². The van der Waals surface area contributed by atoms with Crippen molar-refractivity contribution < 1.29 is 4.74 Å². The van der Waals surface area contributed by atoms with E-state index in [1.54, 1.807) is 0 Å². The molecule has 0 saturated carbocycles. The van der Waals surface area contributed by atoms with E-state index >= 15 is 0 Å². The summed E-state index contributed by atoms with van der Waals surface area (Å²) in [6.07, 6.45) is 4.20. The second-order valence-electron chi connectivity index (χ2n) is 6.57. The van der Waals surface area contributed by atoms with Gasteiger partial charge in [-0.25, -0.2) is 4.98 Å². The Morgan fingerprint density at radius 1 is 0.926 bits per heavy atom. The lowest BCUT2D eigenvalue weighted by molar-refractivity contribution is 0.340. The van der Waals surface area contributed by atoms with E-state index in [9.17, 15) is 0 Å². The molecule has 0 fully saturated rings. The van der Waals surface area contributed by atoms with Crippen LogP contribution in [0.5, 0.6) is 5.75 Å². The zero-order chi connectivity index (χ0) is 19.2. The third-order valence-corrected chi connectivity index (χ3v) is 4.79. The molecule has 0 atom stereocenters. The molecule has 0 saturated heterocycles. The van der Waals surface area contributed by atoms with Gasteiger partial charge in [-0.2, -0.15) is 0 Å². The minimum atomic E-state index is 0.672. The summed E-state index contributed by atoms with van der Waals surface area (Å²) in [5, 5.41) is 1.14. The van der Waals surface area contributed by atoms with Gasteiger partial charge < -0.3 is 9.64 Å². The Morgan fingerprint density at radius 3 is 2.33 bits per heavy atom. The Balaban J connectivity index is 1.82. The molecule has 0 amide bonds. The van der Waals surface area contributed by atoms with Crippen molar-refractivity contribution >= 4 is 28.7 Å². The Labute approximate surface area is 162 Å². The summed E-state index contributed by atoms with van der Waals surface area (Å²) in [6.45, 7) is 11.2. The van der Waals surface area contributed by atoms with Crippen LogP contribution in [-0.2, 0) is 0 Å². The average molecular weight is 361 g/mol. The number of fused-ring (bicyclic) bond motifs is 1. The van der Waals surface area contributed by atoms with E-state index in [1.807, 2.05) is 19.1 Å². The molecular weight excluding hydrogens is 332 g/mol. The number of benzene rings is 2. The maximum absolute atomic E-state index is 5.60. The molecule has 2 aromatic carbocycles. The number of rotatable bonds is 7. The topological polar surface area (TPSA) is 25.4 Å². The first kappa shape index (κ1) is 19.0. The van der Waals surface area contributed by atoms with E-state index in [0.717, 1.165) is 35.4 Å². The summed E-state index contributed by atoms with van der Waals surface area (Å²) < 4.78 is 5.60. The Kier molecular flexibility index (Phi) is 6.12. The molecule has 3 rings (SSSR count). The summed E-state index contributed by atoms with van der Waals surface area (Å²) in [5.41, 5.74) is 5.61. The van der Waals surface area contributed by atoms with Gasteiger partial charge in [0, 0.05) is 24.2 Å². The molecular formula is C24H28N2O. The number of nitrogens with zero attached hydrogens (tertiary/aromatic N) is 2. The zero-order valence-electron chi connectivity index (χ0n) is 16.7. The van der Waals surface area contributed by atoms with Gasteiger partial charge in [0.05, 0.1) is 17.8 Å². The third kappa shape index (κ3) is 4.48. The highest BCUT2D eigenvalue weighted by Gasteiger charge is 2.04. The lowest BCUT2D eigenvalue weighted by Gasteiger charge is -2.20. The van der Waals surface area contributed by atoms with E-state index in [-0.39, 0.29) is 0 Å². The highest BCUT2D eigenvalue weighted by molar-refractivity contribution is 5.85. The minimum Gasteiger partial charge on any atom is -0.494 e. The van der Waals surface area contributed by atoms with Gasteiger partial charge in [-0.1, -0.05) is 18.2 Å². The zero-order valence-corrected chi connectivity index (χ0v) is 16.7. The molecule has 27 heavy (non-hydrogen) atoms. The summed E-state index contributed by atoms with van der Waals surface area (Å²) in [7, 11) is 0. The standard InChI is InChI=1S/C24H28N2O/c1-5-26(6-2)21-12-9-19(10-13-21)8-11-20-16-18(4)23-17-22(27-7-3)14-15-24(23)25-20/h8-17H,5-7H2,1-4H3/b11-8+. The van der Waals surface area contributed by atoms with Crippen LogP contribution >= 0.6 is 0 Å². The van der Waals surface area contributed by atoms with E-state index in [2.05, 4.69) is 74.2 Å². The smallest absolute Gasteiger partial charge is 0.120 e. The van der Waals surface area contributed by atoms with Crippen LogP contribution in [0.15, 0.2) is 48.5 Å². The maximum Gasteiger partial charge on any atom is 0.120 e. The van der Waals surface area contributed by atoms with Crippen LogP contribution in [0, 0.1) is 6.92 Å². The fraction of sp³-hybridized carbons (Fsp3) is 0.292. The molecule has 1 heterocycles. The largest absolute Gasteiger partial charge is 0.494 e. The number of ether oxygens (including phenoxy) is 1. The molecule has 3 nitrogen and oxygen atoms in total. The van der Waals surface area contributed by atoms with Gasteiger partial charge in [0.1, 0.15) is 5.75 Å². The SMILES string of the molecule is CCOc1ccc2nc(/C=C/c3ccc(N(CC)CC)cc3)cc(C)c2c1. The summed E-state index contributed by atoms with van der Waals surface area (Å²) in [6, 6.07) is 16.9. The first-order chi connectivity index (χ1) is 13.1. The van der Waals surface area contributed by atoms with Crippen molar-refractivity contribution in [2.75, 3.05) is 24.6 Å². The molecule has 0 spiro atoms. The van der Waals surface area contributed by atoms with E-state index in [0.29, 0.717) is 6.61 Å². The van der Waals surface area contributed by atoms with Gasteiger partial charge in [-0.05, 0) is 81.3 Å². The Hall–Kier alpha value is -2.81.